The third-order valence-electron chi connectivity index (χ3n) is 4.78. The highest BCUT2D eigenvalue weighted by Crippen LogP contribution is 2.35. The molecule has 0 fully saturated rings. The molecule has 164 valence electrons. The summed E-state index contributed by atoms with van der Waals surface area (Å²) in [4.78, 5) is 25.4. The molecule has 1 atom stereocenters. The van der Waals surface area contributed by atoms with Gasteiger partial charge in [0.1, 0.15) is 5.75 Å². The van der Waals surface area contributed by atoms with Crippen LogP contribution in [0.15, 0.2) is 55.1 Å². The van der Waals surface area contributed by atoms with Gasteiger partial charge in [-0.15, -0.1) is 6.58 Å². The maximum Gasteiger partial charge on any atom is 0.265 e. The lowest BCUT2D eigenvalue weighted by atomic mass is 10.1. The number of para-hydroxylation sites is 1. The van der Waals surface area contributed by atoms with E-state index < -0.39 is 22.0 Å². The van der Waals surface area contributed by atoms with Crippen LogP contribution >= 0.6 is 0 Å². The topological polar surface area (TPSA) is 105 Å². The average Bonchev–Trinajstić information content (AvgIpc) is 2.91. The third kappa shape index (κ3) is 5.24. The number of carbonyl (C=O) groups excluding carboxylic acids is 2. The van der Waals surface area contributed by atoms with Crippen molar-refractivity contribution in [1.82, 2.24) is 5.32 Å². The lowest BCUT2D eigenvalue weighted by molar-refractivity contribution is -0.122. The second kappa shape index (κ2) is 9.22. The van der Waals surface area contributed by atoms with E-state index >= 15 is 0 Å². The summed E-state index contributed by atoms with van der Waals surface area (Å²) in [6.07, 6.45) is 1.90. The van der Waals surface area contributed by atoms with Crippen molar-refractivity contribution in [1.29, 1.82) is 0 Å². The molecule has 0 saturated heterocycles. The number of fused-ring (bicyclic) bond motifs is 1. The number of hydrogen-bond donors (Lipinski definition) is 2. The summed E-state index contributed by atoms with van der Waals surface area (Å²) in [5, 5.41) is 5.42. The van der Waals surface area contributed by atoms with E-state index in [9.17, 15) is 18.0 Å². The molecular weight excluding hydrogens is 418 g/mol. The van der Waals surface area contributed by atoms with Crippen molar-refractivity contribution >= 4 is 33.2 Å². The molecule has 31 heavy (non-hydrogen) atoms. The van der Waals surface area contributed by atoms with Gasteiger partial charge >= 0.3 is 0 Å². The number of nitrogens with zero attached hydrogens (tertiary/aromatic N) is 1. The van der Waals surface area contributed by atoms with Crippen LogP contribution in [0.3, 0.4) is 0 Å². The summed E-state index contributed by atoms with van der Waals surface area (Å²) >= 11 is 0. The Bertz CT molecular complexity index is 1110. The highest BCUT2D eigenvalue weighted by Gasteiger charge is 2.31. The lowest BCUT2D eigenvalue weighted by Crippen LogP contribution is -2.36. The first-order chi connectivity index (χ1) is 14.7. The number of nitrogens with one attached hydrogen (secondary N) is 2. The van der Waals surface area contributed by atoms with Crippen LogP contribution < -0.4 is 19.7 Å². The Morgan fingerprint density at radius 1 is 1.26 bits per heavy atom. The smallest absolute Gasteiger partial charge is 0.265 e. The van der Waals surface area contributed by atoms with Gasteiger partial charge in [0, 0.05) is 19.5 Å². The van der Waals surface area contributed by atoms with Crippen LogP contribution in [0.2, 0.25) is 0 Å². The number of aryl methyl sites for hydroxylation is 1. The minimum Gasteiger partial charge on any atom is -0.478 e. The van der Waals surface area contributed by atoms with Gasteiger partial charge in [0.2, 0.25) is 10.0 Å². The van der Waals surface area contributed by atoms with E-state index in [4.69, 9.17) is 4.74 Å². The Morgan fingerprint density at radius 3 is 2.71 bits per heavy atom. The van der Waals surface area contributed by atoms with Crippen molar-refractivity contribution in [2.75, 3.05) is 29.0 Å². The maximum atomic E-state index is 13.0. The van der Waals surface area contributed by atoms with Gasteiger partial charge in [-0.05, 0) is 36.8 Å². The zero-order valence-corrected chi connectivity index (χ0v) is 18.2. The van der Waals surface area contributed by atoms with Gasteiger partial charge in [-0.2, -0.15) is 0 Å². The third-order valence-corrected chi connectivity index (χ3v) is 5.96. The molecule has 0 spiro atoms. The van der Waals surface area contributed by atoms with Gasteiger partial charge in [0.05, 0.1) is 23.2 Å². The van der Waals surface area contributed by atoms with E-state index in [-0.39, 0.29) is 18.9 Å². The Labute approximate surface area is 181 Å². The van der Waals surface area contributed by atoms with Gasteiger partial charge in [-0.25, -0.2) is 8.42 Å². The van der Waals surface area contributed by atoms with Crippen LogP contribution in [0, 0.1) is 6.92 Å². The Kier molecular flexibility index (Phi) is 6.65. The minimum absolute atomic E-state index is 0.0921. The number of amides is 2. The van der Waals surface area contributed by atoms with Crippen LogP contribution in [0.25, 0.3) is 0 Å². The molecule has 0 aromatic heterocycles. The molecule has 3 rings (SSSR count). The highest BCUT2D eigenvalue weighted by molar-refractivity contribution is 7.92. The fourth-order valence-corrected chi connectivity index (χ4v) is 4.22. The molecule has 2 N–H and O–H groups in total. The first-order valence-corrected chi connectivity index (χ1v) is 11.6. The number of ether oxygens (including phenoxy) is 1. The second-order valence-electron chi connectivity index (χ2n) is 7.24. The molecule has 0 saturated carbocycles. The Hall–Kier alpha value is -3.33. The van der Waals surface area contributed by atoms with Gasteiger partial charge in [-0.1, -0.05) is 24.3 Å². The summed E-state index contributed by atoms with van der Waals surface area (Å²) in [7, 11) is -3.55. The van der Waals surface area contributed by atoms with Crippen molar-refractivity contribution in [3.05, 3.63) is 66.2 Å². The van der Waals surface area contributed by atoms with E-state index in [1.54, 1.807) is 48.5 Å². The molecule has 0 bridgehead atoms. The van der Waals surface area contributed by atoms with Crippen LogP contribution in [0.1, 0.15) is 22.3 Å². The number of carbonyl (C=O) groups is 2. The van der Waals surface area contributed by atoms with Crippen LogP contribution in [0.5, 0.6) is 5.75 Å². The van der Waals surface area contributed by atoms with Crippen LogP contribution in [-0.4, -0.2) is 45.7 Å². The highest BCUT2D eigenvalue weighted by atomic mass is 32.2. The molecule has 0 unspecified atom stereocenters. The second-order valence-corrected chi connectivity index (χ2v) is 9.14. The van der Waals surface area contributed by atoms with E-state index in [2.05, 4.69) is 17.2 Å². The SMILES string of the molecule is C=CCNC(=O)c1ccccc1NC(=O)[C@@H]1CCN(S(C)(=O)=O)c2cc(C)ccc2O1. The van der Waals surface area contributed by atoms with Gasteiger partial charge in [0.25, 0.3) is 11.8 Å². The fraction of sp³-hybridized carbons (Fsp3) is 0.273. The van der Waals surface area contributed by atoms with Crippen molar-refractivity contribution < 1.29 is 22.7 Å². The van der Waals surface area contributed by atoms with E-state index in [1.807, 2.05) is 6.92 Å². The normalized spacial score (nSPS) is 15.8. The van der Waals surface area contributed by atoms with E-state index in [1.165, 1.54) is 4.31 Å². The molecule has 2 aromatic rings. The van der Waals surface area contributed by atoms with E-state index in [0.29, 0.717) is 29.2 Å². The predicted octanol–water partition coefficient (Wildman–Crippen LogP) is 2.47. The van der Waals surface area contributed by atoms with Crippen molar-refractivity contribution in [3.8, 4) is 5.75 Å². The van der Waals surface area contributed by atoms with Gasteiger partial charge in [-0.3, -0.25) is 13.9 Å². The number of hydrogen-bond acceptors (Lipinski definition) is 5. The molecule has 1 aliphatic heterocycles. The molecule has 1 heterocycles. The van der Waals surface area contributed by atoms with Crippen LogP contribution in [0.4, 0.5) is 11.4 Å². The Balaban J connectivity index is 1.85. The predicted molar refractivity (Wildman–Crippen MR) is 120 cm³/mol. The average molecular weight is 444 g/mol. The summed E-state index contributed by atoms with van der Waals surface area (Å²) in [5.74, 6) is -0.502. The molecule has 8 nitrogen and oxygen atoms in total. The standard InChI is InChI=1S/C22H25N3O5S/c1-4-12-23-21(26)16-7-5-6-8-17(16)24-22(27)20-11-13-25(31(3,28)29)18-14-15(2)9-10-19(18)30-20/h4-10,14,20H,1,11-13H2,2-3H3,(H,23,26)(H,24,27)/t20-/m0/s1. The lowest BCUT2D eigenvalue weighted by Gasteiger charge is -2.21. The first-order valence-electron chi connectivity index (χ1n) is 9.74. The van der Waals surface area contributed by atoms with Gasteiger partial charge < -0.3 is 15.4 Å². The molecule has 9 heteroatoms. The van der Waals surface area contributed by atoms with Crippen molar-refractivity contribution in [2.45, 2.75) is 19.4 Å². The number of sulfonamides is 1. The van der Waals surface area contributed by atoms with Crippen molar-refractivity contribution in [2.24, 2.45) is 0 Å². The monoisotopic (exact) mass is 443 g/mol. The van der Waals surface area contributed by atoms with E-state index in [0.717, 1.165) is 11.8 Å². The zero-order chi connectivity index (χ0) is 22.6. The number of rotatable bonds is 6. The molecule has 2 amide bonds. The summed E-state index contributed by atoms with van der Waals surface area (Å²) < 4.78 is 31.8. The molecule has 0 radical (unpaired) electrons. The molecule has 2 aromatic carbocycles. The summed E-state index contributed by atoms with van der Waals surface area (Å²) in [6.45, 7) is 5.81. The quantitative estimate of drug-likeness (QED) is 0.668. The van der Waals surface area contributed by atoms with Gasteiger partial charge in [0.15, 0.2) is 6.10 Å². The van der Waals surface area contributed by atoms with Crippen molar-refractivity contribution in [3.63, 3.8) is 0 Å². The molecule has 1 aliphatic rings. The molecular formula is C22H25N3O5S. The minimum atomic E-state index is -3.55. The summed E-state index contributed by atoms with van der Waals surface area (Å²) in [5.41, 5.74) is 1.92. The largest absolute Gasteiger partial charge is 0.478 e. The van der Waals surface area contributed by atoms with Crippen LogP contribution in [-0.2, 0) is 14.8 Å². The summed E-state index contributed by atoms with van der Waals surface area (Å²) in [6, 6.07) is 11.8. The Morgan fingerprint density at radius 2 is 2.00 bits per heavy atom. The maximum absolute atomic E-state index is 13.0. The molecule has 0 aliphatic carbocycles. The number of benzene rings is 2. The number of anilines is 2. The fourth-order valence-electron chi connectivity index (χ4n) is 3.28. The first kappa shape index (κ1) is 22.4. The zero-order valence-electron chi connectivity index (χ0n) is 17.4.